The summed E-state index contributed by atoms with van der Waals surface area (Å²) in [6, 6.07) is 0. The van der Waals surface area contributed by atoms with Crippen LogP contribution in [0.4, 0.5) is 0 Å². The first-order valence-corrected chi connectivity index (χ1v) is 4.25. The van der Waals surface area contributed by atoms with E-state index in [0.717, 1.165) is 39.0 Å². The van der Waals surface area contributed by atoms with E-state index in [9.17, 15) is 0 Å². The molecular formula is C9H16N2. The van der Waals surface area contributed by atoms with Crippen molar-refractivity contribution in [1.82, 2.24) is 4.90 Å². The van der Waals surface area contributed by atoms with Crippen molar-refractivity contribution in [2.24, 2.45) is 11.7 Å². The highest BCUT2D eigenvalue weighted by Gasteiger charge is 2.15. The first-order valence-electron chi connectivity index (χ1n) is 4.25. The number of terminal acetylenes is 1. The lowest BCUT2D eigenvalue weighted by atomic mass is 9.98. The number of hydrogen-bond donors (Lipinski definition) is 1. The van der Waals surface area contributed by atoms with Crippen LogP contribution < -0.4 is 5.73 Å². The second kappa shape index (κ2) is 4.38. The lowest BCUT2D eigenvalue weighted by Crippen LogP contribution is -2.36. The first-order chi connectivity index (χ1) is 5.36. The van der Waals surface area contributed by atoms with Gasteiger partial charge in [-0.25, -0.2) is 0 Å². The monoisotopic (exact) mass is 152 g/mol. The summed E-state index contributed by atoms with van der Waals surface area (Å²) in [6.07, 6.45) is 7.63. The third kappa shape index (κ3) is 2.53. The Bertz CT molecular complexity index is 140. The molecular weight excluding hydrogens is 136 g/mol. The minimum absolute atomic E-state index is 0.518. The molecule has 0 aromatic carbocycles. The minimum Gasteiger partial charge on any atom is -0.329 e. The van der Waals surface area contributed by atoms with Gasteiger partial charge in [0.25, 0.3) is 0 Å². The maximum absolute atomic E-state index is 5.44. The SMILES string of the molecule is C#CC1CCN(CCN)CC1. The van der Waals surface area contributed by atoms with Gasteiger partial charge < -0.3 is 10.6 Å². The van der Waals surface area contributed by atoms with Crippen LogP contribution in [-0.4, -0.2) is 31.1 Å². The maximum Gasteiger partial charge on any atom is 0.0224 e. The Morgan fingerprint density at radius 1 is 1.45 bits per heavy atom. The Morgan fingerprint density at radius 3 is 2.55 bits per heavy atom. The second-order valence-corrected chi connectivity index (χ2v) is 3.07. The Balaban J connectivity index is 2.20. The zero-order chi connectivity index (χ0) is 8.10. The van der Waals surface area contributed by atoms with Gasteiger partial charge in [-0.15, -0.1) is 12.3 Å². The second-order valence-electron chi connectivity index (χ2n) is 3.07. The molecule has 0 spiro atoms. The Labute approximate surface area is 68.8 Å². The molecule has 0 bridgehead atoms. The smallest absolute Gasteiger partial charge is 0.0224 e. The Morgan fingerprint density at radius 2 is 2.09 bits per heavy atom. The summed E-state index contributed by atoms with van der Waals surface area (Å²) >= 11 is 0. The van der Waals surface area contributed by atoms with E-state index in [1.807, 2.05) is 0 Å². The van der Waals surface area contributed by atoms with Gasteiger partial charge in [-0.3, -0.25) is 0 Å². The molecule has 0 saturated carbocycles. The molecule has 2 heteroatoms. The summed E-state index contributed by atoms with van der Waals surface area (Å²) in [5.41, 5.74) is 5.44. The van der Waals surface area contributed by atoms with E-state index in [-0.39, 0.29) is 0 Å². The van der Waals surface area contributed by atoms with Crippen molar-refractivity contribution >= 4 is 0 Å². The highest BCUT2D eigenvalue weighted by Crippen LogP contribution is 2.14. The summed E-state index contributed by atoms with van der Waals surface area (Å²) < 4.78 is 0. The van der Waals surface area contributed by atoms with Crippen molar-refractivity contribution < 1.29 is 0 Å². The number of piperidine rings is 1. The third-order valence-electron chi connectivity index (χ3n) is 2.27. The summed E-state index contributed by atoms with van der Waals surface area (Å²) in [5.74, 6) is 3.33. The van der Waals surface area contributed by atoms with Gasteiger partial charge in [0.1, 0.15) is 0 Å². The molecule has 0 atom stereocenters. The van der Waals surface area contributed by atoms with Crippen LogP contribution in [-0.2, 0) is 0 Å². The molecule has 62 valence electrons. The lowest BCUT2D eigenvalue weighted by molar-refractivity contribution is 0.212. The number of likely N-dealkylation sites (tertiary alicyclic amines) is 1. The molecule has 1 rings (SSSR count). The molecule has 0 unspecified atom stereocenters. The average molecular weight is 152 g/mol. The van der Waals surface area contributed by atoms with Gasteiger partial charge in [-0.2, -0.15) is 0 Å². The van der Waals surface area contributed by atoms with Crippen LogP contribution in [0.15, 0.2) is 0 Å². The zero-order valence-corrected chi connectivity index (χ0v) is 6.92. The van der Waals surface area contributed by atoms with Crippen LogP contribution in [0.5, 0.6) is 0 Å². The number of nitrogens with two attached hydrogens (primary N) is 1. The standard InChI is InChI=1S/C9H16N2/c1-2-9-3-6-11(7-4-9)8-5-10/h1,9H,3-8,10H2. The highest BCUT2D eigenvalue weighted by atomic mass is 15.1. The van der Waals surface area contributed by atoms with Crippen molar-refractivity contribution in [3.63, 3.8) is 0 Å². The maximum atomic E-state index is 5.44. The molecule has 11 heavy (non-hydrogen) atoms. The highest BCUT2D eigenvalue weighted by molar-refractivity contribution is 4.95. The minimum atomic E-state index is 0.518. The van der Waals surface area contributed by atoms with Crippen molar-refractivity contribution in [2.75, 3.05) is 26.2 Å². The van der Waals surface area contributed by atoms with Crippen LogP contribution >= 0.6 is 0 Å². The van der Waals surface area contributed by atoms with Crippen molar-refractivity contribution in [1.29, 1.82) is 0 Å². The predicted molar refractivity (Wildman–Crippen MR) is 47.1 cm³/mol. The third-order valence-corrected chi connectivity index (χ3v) is 2.27. The van der Waals surface area contributed by atoms with Gasteiger partial charge in [-0.1, -0.05) is 0 Å². The van der Waals surface area contributed by atoms with Gasteiger partial charge in [-0.05, 0) is 25.9 Å². The molecule has 0 aromatic rings. The van der Waals surface area contributed by atoms with Crippen molar-refractivity contribution in [3.05, 3.63) is 0 Å². The summed E-state index contributed by atoms with van der Waals surface area (Å²) in [5, 5.41) is 0. The number of rotatable bonds is 2. The molecule has 1 aliphatic rings. The topological polar surface area (TPSA) is 29.3 Å². The van der Waals surface area contributed by atoms with Crippen LogP contribution in [0.3, 0.4) is 0 Å². The van der Waals surface area contributed by atoms with Crippen LogP contribution in [0, 0.1) is 18.3 Å². The van der Waals surface area contributed by atoms with Gasteiger partial charge >= 0.3 is 0 Å². The van der Waals surface area contributed by atoms with Crippen molar-refractivity contribution in [2.45, 2.75) is 12.8 Å². The summed E-state index contributed by atoms with van der Waals surface area (Å²) in [7, 11) is 0. The Kier molecular flexibility index (Phi) is 3.41. The van der Waals surface area contributed by atoms with Crippen LogP contribution in [0.2, 0.25) is 0 Å². The van der Waals surface area contributed by atoms with Gasteiger partial charge in [0.2, 0.25) is 0 Å². The normalized spacial score (nSPS) is 21.5. The van der Waals surface area contributed by atoms with Gasteiger partial charge in [0, 0.05) is 19.0 Å². The van der Waals surface area contributed by atoms with E-state index in [2.05, 4.69) is 10.8 Å². The van der Waals surface area contributed by atoms with E-state index in [1.165, 1.54) is 0 Å². The zero-order valence-electron chi connectivity index (χ0n) is 6.92. The molecule has 1 fully saturated rings. The summed E-state index contributed by atoms with van der Waals surface area (Å²) in [4.78, 5) is 2.38. The van der Waals surface area contributed by atoms with E-state index >= 15 is 0 Å². The first kappa shape index (κ1) is 8.58. The molecule has 0 radical (unpaired) electrons. The Hall–Kier alpha value is -0.520. The van der Waals surface area contributed by atoms with E-state index < -0.39 is 0 Å². The molecule has 0 aliphatic carbocycles. The molecule has 0 aromatic heterocycles. The average Bonchev–Trinajstić information content (AvgIpc) is 2.07. The van der Waals surface area contributed by atoms with Crippen LogP contribution in [0.1, 0.15) is 12.8 Å². The molecule has 1 saturated heterocycles. The molecule has 1 aliphatic heterocycles. The molecule has 1 heterocycles. The quantitative estimate of drug-likeness (QED) is 0.576. The summed E-state index contributed by atoms with van der Waals surface area (Å²) in [6.45, 7) is 4.05. The number of hydrogen-bond acceptors (Lipinski definition) is 2. The number of nitrogens with zero attached hydrogens (tertiary/aromatic N) is 1. The van der Waals surface area contributed by atoms with Crippen LogP contribution in [0.25, 0.3) is 0 Å². The van der Waals surface area contributed by atoms with E-state index in [1.54, 1.807) is 0 Å². The molecule has 2 N–H and O–H groups in total. The fourth-order valence-corrected chi connectivity index (χ4v) is 1.51. The molecule has 0 amide bonds. The predicted octanol–water partition coefficient (Wildman–Crippen LogP) is 0.290. The van der Waals surface area contributed by atoms with Gasteiger partial charge in [0.05, 0.1) is 0 Å². The van der Waals surface area contributed by atoms with E-state index in [0.29, 0.717) is 5.92 Å². The fraction of sp³-hybridized carbons (Fsp3) is 0.778. The van der Waals surface area contributed by atoms with Gasteiger partial charge in [0.15, 0.2) is 0 Å². The largest absolute Gasteiger partial charge is 0.329 e. The van der Waals surface area contributed by atoms with E-state index in [4.69, 9.17) is 12.2 Å². The molecule has 2 nitrogen and oxygen atoms in total. The lowest BCUT2D eigenvalue weighted by Gasteiger charge is -2.28. The van der Waals surface area contributed by atoms with Crippen molar-refractivity contribution in [3.8, 4) is 12.3 Å². The fourth-order valence-electron chi connectivity index (χ4n) is 1.51.